The molecular weight excluding hydrogens is 444 g/mol. The van der Waals surface area contributed by atoms with Crippen LogP contribution in [-0.4, -0.2) is 37.4 Å². The van der Waals surface area contributed by atoms with Crippen molar-refractivity contribution in [1.82, 2.24) is 5.32 Å². The Hall–Kier alpha value is -4.33. The predicted molar refractivity (Wildman–Crippen MR) is 138 cm³/mol. The van der Waals surface area contributed by atoms with Gasteiger partial charge in [-0.2, -0.15) is 0 Å². The van der Waals surface area contributed by atoms with Gasteiger partial charge >= 0.3 is 0 Å². The molecule has 0 radical (unpaired) electrons. The molecule has 0 bridgehead atoms. The summed E-state index contributed by atoms with van der Waals surface area (Å²) in [5.41, 5.74) is 2.90. The molecule has 8 nitrogen and oxygen atoms in total. The summed E-state index contributed by atoms with van der Waals surface area (Å²) in [4.78, 5) is 36.9. The average molecular weight is 475 g/mol. The number of nitrogens with one attached hydrogen (secondary N) is 4. The number of carbonyl (C=O) groups excluding carboxylic acids is 3. The van der Waals surface area contributed by atoms with Gasteiger partial charge in [0, 0.05) is 34.7 Å². The van der Waals surface area contributed by atoms with E-state index in [0.717, 1.165) is 12.2 Å². The lowest BCUT2D eigenvalue weighted by molar-refractivity contribution is -0.114. The number of hydrogen-bond donors (Lipinski definition) is 4. The average Bonchev–Trinajstić information content (AvgIpc) is 2.88. The maximum Gasteiger partial charge on any atom is 0.255 e. The molecule has 0 spiro atoms. The molecule has 0 heterocycles. The van der Waals surface area contributed by atoms with Crippen LogP contribution in [0.15, 0.2) is 72.8 Å². The van der Waals surface area contributed by atoms with Crippen molar-refractivity contribution < 1.29 is 19.1 Å². The minimum atomic E-state index is -0.253. The SMILES string of the molecule is CCCNC(=O)c1cccc(NCC(=O)Nc2ccc(C(=O)Nc3ccc(OCC)cc3)cc2)c1. The standard InChI is InChI=1S/C27H30N4O4/c1-3-16-28-26(33)20-6-5-7-23(17-20)29-18-25(32)30-21-10-8-19(9-11-21)27(34)31-22-12-14-24(15-13-22)35-4-2/h5-15,17,29H,3-4,16,18H2,1-2H3,(H,28,33)(H,30,32)(H,31,34). The van der Waals surface area contributed by atoms with E-state index in [1.807, 2.05) is 13.8 Å². The molecule has 35 heavy (non-hydrogen) atoms. The second kappa shape index (κ2) is 12.8. The Morgan fingerprint density at radius 2 is 1.43 bits per heavy atom. The van der Waals surface area contributed by atoms with Crippen LogP contribution in [0.1, 0.15) is 41.0 Å². The van der Waals surface area contributed by atoms with Crippen LogP contribution in [-0.2, 0) is 4.79 Å². The first-order valence-electron chi connectivity index (χ1n) is 11.5. The van der Waals surface area contributed by atoms with Crippen LogP contribution >= 0.6 is 0 Å². The van der Waals surface area contributed by atoms with E-state index in [2.05, 4.69) is 21.3 Å². The van der Waals surface area contributed by atoms with E-state index in [0.29, 0.717) is 41.3 Å². The molecule has 0 atom stereocenters. The normalized spacial score (nSPS) is 10.2. The first-order chi connectivity index (χ1) is 17.0. The zero-order valence-electron chi connectivity index (χ0n) is 19.9. The zero-order chi connectivity index (χ0) is 25.0. The summed E-state index contributed by atoms with van der Waals surface area (Å²) in [7, 11) is 0. The minimum absolute atomic E-state index is 0.0278. The van der Waals surface area contributed by atoms with Gasteiger partial charge in [-0.3, -0.25) is 14.4 Å². The molecular formula is C27H30N4O4. The van der Waals surface area contributed by atoms with Crippen LogP contribution in [0.4, 0.5) is 17.1 Å². The highest BCUT2D eigenvalue weighted by Crippen LogP contribution is 2.17. The lowest BCUT2D eigenvalue weighted by atomic mass is 10.2. The minimum Gasteiger partial charge on any atom is -0.494 e. The number of anilines is 3. The molecule has 0 unspecified atom stereocenters. The van der Waals surface area contributed by atoms with Crippen molar-refractivity contribution in [1.29, 1.82) is 0 Å². The molecule has 0 aromatic heterocycles. The molecule has 3 aromatic carbocycles. The van der Waals surface area contributed by atoms with Gasteiger partial charge in [0.15, 0.2) is 0 Å². The van der Waals surface area contributed by atoms with E-state index in [4.69, 9.17) is 4.74 Å². The third-order valence-electron chi connectivity index (χ3n) is 4.97. The number of benzene rings is 3. The van der Waals surface area contributed by atoms with Crippen LogP contribution in [0.2, 0.25) is 0 Å². The maximum atomic E-state index is 12.5. The lowest BCUT2D eigenvalue weighted by Gasteiger charge is -2.10. The maximum absolute atomic E-state index is 12.5. The van der Waals surface area contributed by atoms with E-state index in [-0.39, 0.29) is 24.3 Å². The van der Waals surface area contributed by atoms with Crippen molar-refractivity contribution in [3.8, 4) is 5.75 Å². The monoisotopic (exact) mass is 474 g/mol. The predicted octanol–water partition coefficient (Wildman–Crippen LogP) is 4.53. The van der Waals surface area contributed by atoms with Gasteiger partial charge in [-0.25, -0.2) is 0 Å². The second-order valence-electron chi connectivity index (χ2n) is 7.73. The van der Waals surface area contributed by atoms with Crippen LogP contribution in [0.3, 0.4) is 0 Å². The van der Waals surface area contributed by atoms with Gasteiger partial charge < -0.3 is 26.0 Å². The van der Waals surface area contributed by atoms with Crippen LogP contribution in [0.5, 0.6) is 5.75 Å². The zero-order valence-corrected chi connectivity index (χ0v) is 19.9. The summed E-state index contributed by atoms with van der Waals surface area (Å²) in [5.74, 6) is 0.0887. The molecule has 8 heteroatoms. The number of ether oxygens (including phenoxy) is 1. The van der Waals surface area contributed by atoms with Gasteiger partial charge in [0.05, 0.1) is 13.2 Å². The lowest BCUT2D eigenvalue weighted by Crippen LogP contribution is -2.24. The Balaban J connectivity index is 1.49. The summed E-state index contributed by atoms with van der Waals surface area (Å²) in [5, 5.41) is 11.5. The van der Waals surface area contributed by atoms with Crippen molar-refractivity contribution in [2.45, 2.75) is 20.3 Å². The Labute approximate surface area is 205 Å². The molecule has 3 rings (SSSR count). The third kappa shape index (κ3) is 7.89. The van der Waals surface area contributed by atoms with E-state index in [1.54, 1.807) is 72.8 Å². The van der Waals surface area contributed by atoms with Crippen molar-refractivity contribution in [3.63, 3.8) is 0 Å². The van der Waals surface area contributed by atoms with Gasteiger partial charge in [0.2, 0.25) is 5.91 Å². The number of rotatable bonds is 11. The highest BCUT2D eigenvalue weighted by Gasteiger charge is 2.09. The topological polar surface area (TPSA) is 109 Å². The molecule has 0 aliphatic carbocycles. The molecule has 0 saturated carbocycles. The molecule has 3 aromatic rings. The van der Waals surface area contributed by atoms with Crippen LogP contribution < -0.4 is 26.0 Å². The molecule has 182 valence electrons. The summed E-state index contributed by atoms with van der Waals surface area (Å²) < 4.78 is 5.40. The van der Waals surface area contributed by atoms with Crippen LogP contribution in [0.25, 0.3) is 0 Å². The Bertz CT molecular complexity index is 1140. The third-order valence-corrected chi connectivity index (χ3v) is 4.97. The van der Waals surface area contributed by atoms with Crippen molar-refractivity contribution in [2.75, 3.05) is 35.6 Å². The molecule has 0 aliphatic heterocycles. The number of carbonyl (C=O) groups is 3. The Morgan fingerprint density at radius 1 is 0.743 bits per heavy atom. The van der Waals surface area contributed by atoms with Gasteiger partial charge in [-0.1, -0.05) is 13.0 Å². The van der Waals surface area contributed by atoms with E-state index in [1.165, 1.54) is 0 Å². The summed E-state index contributed by atoms with van der Waals surface area (Å²) in [6, 6.07) is 20.8. The van der Waals surface area contributed by atoms with E-state index >= 15 is 0 Å². The quantitative estimate of drug-likeness (QED) is 0.327. The summed E-state index contributed by atoms with van der Waals surface area (Å²) in [6.07, 6.45) is 0.859. The summed E-state index contributed by atoms with van der Waals surface area (Å²) in [6.45, 7) is 5.12. The number of hydrogen-bond acceptors (Lipinski definition) is 5. The summed E-state index contributed by atoms with van der Waals surface area (Å²) >= 11 is 0. The smallest absolute Gasteiger partial charge is 0.255 e. The van der Waals surface area contributed by atoms with Crippen molar-refractivity contribution in [2.24, 2.45) is 0 Å². The van der Waals surface area contributed by atoms with Crippen LogP contribution in [0, 0.1) is 0 Å². The Morgan fingerprint density at radius 3 is 2.11 bits per heavy atom. The first-order valence-corrected chi connectivity index (χ1v) is 11.5. The van der Waals surface area contributed by atoms with E-state index < -0.39 is 0 Å². The van der Waals surface area contributed by atoms with Gasteiger partial charge in [-0.05, 0) is 80.1 Å². The van der Waals surface area contributed by atoms with Gasteiger partial charge in [0.1, 0.15) is 5.75 Å². The molecule has 3 amide bonds. The molecule has 0 fully saturated rings. The highest BCUT2D eigenvalue weighted by atomic mass is 16.5. The van der Waals surface area contributed by atoms with Gasteiger partial charge in [0.25, 0.3) is 11.8 Å². The number of amides is 3. The second-order valence-corrected chi connectivity index (χ2v) is 7.73. The van der Waals surface area contributed by atoms with Crippen molar-refractivity contribution >= 4 is 34.8 Å². The molecule has 0 saturated heterocycles. The van der Waals surface area contributed by atoms with Crippen molar-refractivity contribution in [3.05, 3.63) is 83.9 Å². The fourth-order valence-electron chi connectivity index (χ4n) is 3.21. The fourth-order valence-corrected chi connectivity index (χ4v) is 3.21. The first kappa shape index (κ1) is 25.3. The largest absolute Gasteiger partial charge is 0.494 e. The Kier molecular flexibility index (Phi) is 9.24. The highest BCUT2D eigenvalue weighted by molar-refractivity contribution is 6.04. The van der Waals surface area contributed by atoms with E-state index in [9.17, 15) is 14.4 Å². The molecule has 0 aliphatic rings. The van der Waals surface area contributed by atoms with Gasteiger partial charge in [-0.15, -0.1) is 0 Å². The fraction of sp³-hybridized carbons (Fsp3) is 0.222. The molecule has 4 N–H and O–H groups in total.